The number of halogens is 1. The van der Waals surface area contributed by atoms with E-state index in [1.165, 1.54) is 6.20 Å². The lowest BCUT2D eigenvalue weighted by Gasteiger charge is -2.13. The predicted octanol–water partition coefficient (Wildman–Crippen LogP) is 1.27. The normalized spacial score (nSPS) is 24.8. The molecule has 6 heteroatoms. The topological polar surface area (TPSA) is 62.7 Å². The maximum absolute atomic E-state index is 10.9. The number of carboxylic acids is 1. The van der Waals surface area contributed by atoms with Gasteiger partial charge in [-0.25, -0.2) is 4.98 Å². The van der Waals surface area contributed by atoms with Gasteiger partial charge in [-0.15, -0.1) is 0 Å². The monoisotopic (exact) mass is 256 g/mol. The predicted molar refractivity (Wildman–Crippen MR) is 62.3 cm³/mol. The Morgan fingerprint density at radius 3 is 2.94 bits per heavy atom. The molecule has 2 rings (SSSR count). The lowest BCUT2D eigenvalue weighted by molar-refractivity contribution is -0.141. The highest BCUT2D eigenvalue weighted by atomic mass is 35.5. The van der Waals surface area contributed by atoms with Crippen molar-refractivity contribution in [2.24, 2.45) is 0 Å². The average Bonchev–Trinajstić information content (AvgIpc) is 2.63. The summed E-state index contributed by atoms with van der Waals surface area (Å²) in [6, 6.07) is 2.89. The number of pyridine rings is 1. The summed E-state index contributed by atoms with van der Waals surface area (Å²) in [5, 5.41) is 9.52. The molecule has 0 unspecified atom stereocenters. The molecule has 1 aromatic rings. The van der Waals surface area contributed by atoms with Gasteiger partial charge in [-0.05, 0) is 13.1 Å². The van der Waals surface area contributed by atoms with Crippen LogP contribution in [0.25, 0.3) is 0 Å². The Labute approximate surface area is 104 Å². The molecule has 0 aliphatic carbocycles. The number of likely N-dealkylation sites (tertiary alicyclic amines) is 1. The van der Waals surface area contributed by atoms with Crippen molar-refractivity contribution in [2.45, 2.75) is 18.6 Å². The Kier molecular flexibility index (Phi) is 3.49. The fraction of sp³-hybridized carbons (Fsp3) is 0.455. The minimum Gasteiger partial charge on any atom is -0.480 e. The van der Waals surface area contributed by atoms with Crippen LogP contribution in [0.5, 0.6) is 5.88 Å². The Bertz CT molecular complexity index is 410. The zero-order valence-electron chi connectivity index (χ0n) is 9.34. The van der Waals surface area contributed by atoms with Gasteiger partial charge in [-0.1, -0.05) is 11.6 Å². The van der Waals surface area contributed by atoms with Crippen LogP contribution in [-0.2, 0) is 4.79 Å². The van der Waals surface area contributed by atoms with E-state index in [1.807, 2.05) is 0 Å². The van der Waals surface area contributed by atoms with Crippen molar-refractivity contribution in [3.8, 4) is 5.88 Å². The van der Waals surface area contributed by atoms with E-state index in [2.05, 4.69) is 4.98 Å². The van der Waals surface area contributed by atoms with Crippen LogP contribution in [0.2, 0.25) is 5.02 Å². The van der Waals surface area contributed by atoms with Crippen LogP contribution in [0, 0.1) is 0 Å². The average molecular weight is 257 g/mol. The van der Waals surface area contributed by atoms with Crippen LogP contribution in [0.4, 0.5) is 0 Å². The first kappa shape index (κ1) is 12.1. The van der Waals surface area contributed by atoms with Crippen LogP contribution in [0.15, 0.2) is 18.3 Å². The van der Waals surface area contributed by atoms with Crippen molar-refractivity contribution in [3.63, 3.8) is 0 Å². The highest BCUT2D eigenvalue weighted by molar-refractivity contribution is 6.30. The zero-order chi connectivity index (χ0) is 12.4. The number of hydrogen-bond donors (Lipinski definition) is 1. The Hall–Kier alpha value is -1.33. The fourth-order valence-corrected chi connectivity index (χ4v) is 2.04. The second-order valence-electron chi connectivity index (χ2n) is 4.08. The Morgan fingerprint density at radius 1 is 1.65 bits per heavy atom. The van der Waals surface area contributed by atoms with Gasteiger partial charge in [0.2, 0.25) is 5.88 Å². The Morgan fingerprint density at radius 2 is 2.41 bits per heavy atom. The molecule has 1 aliphatic rings. The van der Waals surface area contributed by atoms with E-state index >= 15 is 0 Å². The van der Waals surface area contributed by atoms with E-state index in [9.17, 15) is 4.79 Å². The van der Waals surface area contributed by atoms with Crippen LogP contribution in [0.1, 0.15) is 6.42 Å². The van der Waals surface area contributed by atoms with Crippen molar-refractivity contribution in [3.05, 3.63) is 23.4 Å². The Balaban J connectivity index is 1.97. The smallest absolute Gasteiger partial charge is 0.321 e. The van der Waals surface area contributed by atoms with Gasteiger partial charge in [0.1, 0.15) is 12.1 Å². The molecular formula is C11H13ClN2O3. The molecular weight excluding hydrogens is 244 g/mol. The second-order valence-corrected chi connectivity index (χ2v) is 4.52. The third-order valence-electron chi connectivity index (χ3n) is 2.78. The van der Waals surface area contributed by atoms with Crippen LogP contribution in [-0.4, -0.2) is 46.7 Å². The number of carbonyl (C=O) groups is 1. The van der Waals surface area contributed by atoms with E-state index in [-0.39, 0.29) is 6.10 Å². The first-order valence-corrected chi connectivity index (χ1v) is 5.65. The van der Waals surface area contributed by atoms with Gasteiger partial charge >= 0.3 is 5.97 Å². The van der Waals surface area contributed by atoms with Gasteiger partial charge in [0.05, 0.1) is 5.02 Å². The van der Waals surface area contributed by atoms with Crippen LogP contribution < -0.4 is 4.74 Å². The van der Waals surface area contributed by atoms with Gasteiger partial charge in [0.25, 0.3) is 0 Å². The van der Waals surface area contributed by atoms with E-state index in [0.717, 1.165) is 0 Å². The molecule has 0 saturated carbocycles. The van der Waals surface area contributed by atoms with Crippen molar-refractivity contribution in [1.82, 2.24) is 9.88 Å². The van der Waals surface area contributed by atoms with Crippen molar-refractivity contribution in [1.29, 1.82) is 0 Å². The molecule has 1 N–H and O–H groups in total. The molecule has 5 nitrogen and oxygen atoms in total. The maximum atomic E-state index is 10.9. The SMILES string of the molecule is CN1C[C@H](Oc2ccc(Cl)cn2)C[C@H]1C(=O)O. The number of ether oxygens (including phenoxy) is 1. The highest BCUT2D eigenvalue weighted by Crippen LogP contribution is 2.21. The summed E-state index contributed by atoms with van der Waals surface area (Å²) >= 11 is 5.71. The summed E-state index contributed by atoms with van der Waals surface area (Å²) in [4.78, 5) is 16.7. The summed E-state index contributed by atoms with van der Waals surface area (Å²) in [6.07, 6.45) is 1.83. The number of carboxylic acid groups (broad SMARTS) is 1. The minimum atomic E-state index is -0.817. The first-order valence-electron chi connectivity index (χ1n) is 5.27. The van der Waals surface area contributed by atoms with Gasteiger partial charge in [0, 0.05) is 25.2 Å². The molecule has 0 spiro atoms. The second kappa shape index (κ2) is 4.89. The van der Waals surface area contributed by atoms with E-state index in [0.29, 0.717) is 23.9 Å². The lowest BCUT2D eigenvalue weighted by atomic mass is 10.2. The van der Waals surface area contributed by atoms with Crippen molar-refractivity contribution >= 4 is 17.6 Å². The van der Waals surface area contributed by atoms with Gasteiger partial charge < -0.3 is 9.84 Å². The molecule has 0 bridgehead atoms. The maximum Gasteiger partial charge on any atom is 0.321 e. The molecule has 0 amide bonds. The number of hydrogen-bond acceptors (Lipinski definition) is 4. The van der Waals surface area contributed by atoms with E-state index < -0.39 is 12.0 Å². The third-order valence-corrected chi connectivity index (χ3v) is 3.01. The fourth-order valence-electron chi connectivity index (χ4n) is 1.93. The number of aromatic nitrogens is 1. The molecule has 2 heterocycles. The molecule has 2 atom stereocenters. The first-order chi connectivity index (χ1) is 8.06. The molecule has 1 saturated heterocycles. The molecule has 17 heavy (non-hydrogen) atoms. The third kappa shape index (κ3) is 2.87. The summed E-state index contributed by atoms with van der Waals surface area (Å²) in [5.74, 6) is -0.346. The van der Waals surface area contributed by atoms with Crippen LogP contribution in [0.3, 0.4) is 0 Å². The van der Waals surface area contributed by atoms with Crippen molar-refractivity contribution in [2.75, 3.05) is 13.6 Å². The highest BCUT2D eigenvalue weighted by Gasteiger charge is 2.35. The molecule has 1 fully saturated rings. The summed E-state index contributed by atoms with van der Waals surface area (Å²) in [7, 11) is 1.78. The van der Waals surface area contributed by atoms with Crippen molar-refractivity contribution < 1.29 is 14.6 Å². The molecule has 92 valence electrons. The zero-order valence-corrected chi connectivity index (χ0v) is 10.1. The van der Waals surface area contributed by atoms with Crippen LogP contribution >= 0.6 is 11.6 Å². The molecule has 0 radical (unpaired) electrons. The molecule has 0 aromatic carbocycles. The number of likely N-dealkylation sites (N-methyl/N-ethyl adjacent to an activating group) is 1. The van der Waals surface area contributed by atoms with Gasteiger partial charge in [-0.2, -0.15) is 0 Å². The standard InChI is InChI=1S/C11H13ClN2O3/c1-14-6-8(4-9(14)11(15)16)17-10-3-2-7(12)5-13-10/h2-3,5,8-9H,4,6H2,1H3,(H,15,16)/t8-,9+/m1/s1. The van der Waals surface area contributed by atoms with Gasteiger partial charge in [0.15, 0.2) is 0 Å². The summed E-state index contributed by atoms with van der Waals surface area (Å²) in [5.41, 5.74) is 0. The minimum absolute atomic E-state index is 0.144. The number of nitrogens with zero attached hydrogens (tertiary/aromatic N) is 2. The lowest BCUT2D eigenvalue weighted by Crippen LogP contribution is -2.32. The summed E-state index contributed by atoms with van der Waals surface area (Å²) in [6.45, 7) is 0.585. The number of rotatable bonds is 3. The van der Waals surface area contributed by atoms with Gasteiger partial charge in [-0.3, -0.25) is 9.69 Å². The van der Waals surface area contributed by atoms with E-state index in [1.54, 1.807) is 24.1 Å². The number of aliphatic carboxylic acids is 1. The summed E-state index contributed by atoms with van der Waals surface area (Å²) < 4.78 is 5.61. The molecule has 1 aromatic heterocycles. The quantitative estimate of drug-likeness (QED) is 0.883. The largest absolute Gasteiger partial charge is 0.480 e. The van der Waals surface area contributed by atoms with E-state index in [4.69, 9.17) is 21.4 Å². The molecule has 1 aliphatic heterocycles.